The predicted molar refractivity (Wildman–Crippen MR) is 98.9 cm³/mol. The summed E-state index contributed by atoms with van der Waals surface area (Å²) in [5, 5.41) is 12.3. The number of nitrogen functional groups attached to an aromatic ring is 1. The summed E-state index contributed by atoms with van der Waals surface area (Å²) in [4.78, 5) is 16.6. The molecular weight excluding hydrogens is 389 g/mol. The molecule has 0 atom stereocenters. The number of halogens is 3. The molecule has 2 heterocycles. The molecule has 0 fully saturated rings. The van der Waals surface area contributed by atoms with Crippen LogP contribution < -0.4 is 5.73 Å². The lowest BCUT2D eigenvalue weighted by atomic mass is 10.1. The Balaban J connectivity index is 0.000000298. The Morgan fingerprint density at radius 3 is 2.45 bits per heavy atom. The molecule has 0 radical (unpaired) electrons. The zero-order valence-corrected chi connectivity index (χ0v) is 14.8. The van der Waals surface area contributed by atoms with Gasteiger partial charge >= 0.3 is 12.1 Å². The standard InChI is InChI=1S/C17H14N4O.C2HF3O2/c18-13-7-5-11(6-8-13)17-20-16(22-21-17)9-12-10-19-15-4-2-1-3-14(12)15;3-2(4,5)1(6)7/h1-8,10,19H,9,18H2;(H,6,7). The van der Waals surface area contributed by atoms with Crippen LogP contribution in [0, 0.1) is 0 Å². The highest BCUT2D eigenvalue weighted by Gasteiger charge is 2.38. The van der Waals surface area contributed by atoms with Crippen molar-refractivity contribution in [3.63, 3.8) is 0 Å². The monoisotopic (exact) mass is 404 g/mol. The number of benzene rings is 2. The Hall–Kier alpha value is -3.82. The molecule has 0 aliphatic carbocycles. The van der Waals surface area contributed by atoms with E-state index in [2.05, 4.69) is 21.2 Å². The van der Waals surface area contributed by atoms with Crippen LogP contribution in [0.4, 0.5) is 18.9 Å². The molecule has 4 aromatic rings. The molecule has 4 N–H and O–H groups in total. The number of hydrogen-bond acceptors (Lipinski definition) is 5. The number of aromatic nitrogens is 3. The van der Waals surface area contributed by atoms with Crippen molar-refractivity contribution in [3.8, 4) is 11.4 Å². The summed E-state index contributed by atoms with van der Waals surface area (Å²) in [6.07, 6.45) is -2.50. The largest absolute Gasteiger partial charge is 0.490 e. The lowest BCUT2D eigenvalue weighted by molar-refractivity contribution is -0.192. The number of rotatable bonds is 3. The van der Waals surface area contributed by atoms with Crippen LogP contribution in [0.15, 0.2) is 59.3 Å². The van der Waals surface area contributed by atoms with Gasteiger partial charge in [0.05, 0.1) is 6.42 Å². The molecule has 0 saturated heterocycles. The SMILES string of the molecule is Nc1ccc(-c2noc(Cc3c[nH]c4ccccc34)n2)cc1.O=C(O)C(F)(F)F. The Labute approximate surface area is 162 Å². The van der Waals surface area contributed by atoms with Crippen molar-refractivity contribution >= 4 is 22.6 Å². The molecule has 0 spiro atoms. The molecule has 7 nitrogen and oxygen atoms in total. The van der Waals surface area contributed by atoms with Gasteiger partial charge in [-0.15, -0.1) is 0 Å². The number of nitrogens with one attached hydrogen (secondary N) is 1. The third-order valence-corrected chi connectivity index (χ3v) is 3.90. The van der Waals surface area contributed by atoms with Crippen molar-refractivity contribution in [1.29, 1.82) is 0 Å². The van der Waals surface area contributed by atoms with Crippen LogP contribution in [0.3, 0.4) is 0 Å². The molecule has 2 aromatic heterocycles. The zero-order chi connectivity index (χ0) is 21.0. The third-order valence-electron chi connectivity index (χ3n) is 3.90. The number of carboxylic acid groups (broad SMARTS) is 1. The highest BCUT2D eigenvalue weighted by molar-refractivity contribution is 5.83. The van der Waals surface area contributed by atoms with Gasteiger partial charge in [-0.05, 0) is 35.9 Å². The second-order valence-electron chi connectivity index (χ2n) is 5.97. The van der Waals surface area contributed by atoms with Crippen molar-refractivity contribution in [2.24, 2.45) is 0 Å². The minimum Gasteiger partial charge on any atom is -0.475 e. The molecule has 10 heteroatoms. The first-order valence-corrected chi connectivity index (χ1v) is 8.27. The molecule has 0 amide bonds. The van der Waals surface area contributed by atoms with E-state index in [1.54, 1.807) is 0 Å². The second kappa shape index (κ2) is 8.05. The van der Waals surface area contributed by atoms with E-state index in [9.17, 15) is 13.2 Å². The van der Waals surface area contributed by atoms with Crippen LogP contribution in [-0.2, 0) is 11.2 Å². The van der Waals surface area contributed by atoms with Crippen molar-refractivity contribution in [3.05, 3.63) is 66.2 Å². The Morgan fingerprint density at radius 2 is 1.79 bits per heavy atom. The predicted octanol–water partition coefficient (Wildman–Crippen LogP) is 4.02. The first kappa shape index (κ1) is 19.9. The maximum Gasteiger partial charge on any atom is 0.490 e. The number of alkyl halides is 3. The van der Waals surface area contributed by atoms with Crippen molar-refractivity contribution in [2.45, 2.75) is 12.6 Å². The number of nitrogens with zero attached hydrogens (tertiary/aromatic N) is 2. The number of para-hydroxylation sites is 1. The molecule has 150 valence electrons. The van der Waals surface area contributed by atoms with Gasteiger partial charge in [0.15, 0.2) is 0 Å². The van der Waals surface area contributed by atoms with Gasteiger partial charge in [0.2, 0.25) is 11.7 Å². The van der Waals surface area contributed by atoms with E-state index >= 15 is 0 Å². The second-order valence-corrected chi connectivity index (χ2v) is 5.97. The molecule has 0 aliphatic rings. The molecule has 0 unspecified atom stereocenters. The van der Waals surface area contributed by atoms with Crippen molar-refractivity contribution < 1.29 is 27.6 Å². The normalized spacial score (nSPS) is 11.1. The Morgan fingerprint density at radius 1 is 1.14 bits per heavy atom. The van der Waals surface area contributed by atoms with Crippen LogP contribution in [0.1, 0.15) is 11.5 Å². The Bertz CT molecular complexity index is 1120. The molecule has 2 aromatic carbocycles. The smallest absolute Gasteiger partial charge is 0.475 e. The minimum absolute atomic E-state index is 0.579. The summed E-state index contributed by atoms with van der Waals surface area (Å²) in [6.45, 7) is 0. The van der Waals surface area contributed by atoms with Crippen LogP contribution >= 0.6 is 0 Å². The van der Waals surface area contributed by atoms with Gasteiger partial charge in [-0.3, -0.25) is 0 Å². The Kier molecular flexibility index (Phi) is 5.53. The molecule has 0 aliphatic heterocycles. The number of fused-ring (bicyclic) bond motifs is 1. The number of H-pyrrole nitrogens is 1. The lowest BCUT2D eigenvalue weighted by Gasteiger charge is -1.95. The summed E-state index contributed by atoms with van der Waals surface area (Å²) in [7, 11) is 0. The fourth-order valence-corrected chi connectivity index (χ4v) is 2.52. The number of anilines is 1. The van der Waals surface area contributed by atoms with Gasteiger partial charge in [-0.2, -0.15) is 18.2 Å². The van der Waals surface area contributed by atoms with Gasteiger partial charge in [0.25, 0.3) is 0 Å². The highest BCUT2D eigenvalue weighted by Crippen LogP contribution is 2.22. The summed E-state index contributed by atoms with van der Waals surface area (Å²) in [5.41, 5.74) is 9.54. The first-order chi connectivity index (χ1) is 13.7. The first-order valence-electron chi connectivity index (χ1n) is 8.27. The van der Waals surface area contributed by atoms with Crippen LogP contribution in [0.25, 0.3) is 22.3 Å². The molecular formula is C19H15F3N4O3. The van der Waals surface area contributed by atoms with Crippen LogP contribution in [0.2, 0.25) is 0 Å². The number of aliphatic carboxylic acids is 1. The minimum atomic E-state index is -5.08. The number of hydrogen-bond donors (Lipinski definition) is 3. The quantitative estimate of drug-likeness (QED) is 0.444. The maximum atomic E-state index is 10.6. The molecule has 0 saturated carbocycles. The average Bonchev–Trinajstić information content (AvgIpc) is 3.30. The van der Waals surface area contributed by atoms with E-state index in [0.29, 0.717) is 23.8 Å². The van der Waals surface area contributed by atoms with E-state index in [-0.39, 0.29) is 0 Å². The van der Waals surface area contributed by atoms with Gasteiger partial charge in [0, 0.05) is 28.4 Å². The fraction of sp³-hybridized carbons (Fsp3) is 0.105. The van der Waals surface area contributed by atoms with E-state index in [0.717, 1.165) is 16.6 Å². The topological polar surface area (TPSA) is 118 Å². The summed E-state index contributed by atoms with van der Waals surface area (Å²) < 4.78 is 37.1. The number of nitrogens with two attached hydrogens (primary N) is 1. The number of carboxylic acids is 1. The third kappa shape index (κ3) is 4.92. The summed E-state index contributed by atoms with van der Waals surface area (Å²) in [5.74, 6) is -1.58. The van der Waals surface area contributed by atoms with E-state index in [4.69, 9.17) is 20.2 Å². The van der Waals surface area contributed by atoms with Gasteiger partial charge in [-0.1, -0.05) is 23.4 Å². The number of carbonyl (C=O) groups is 1. The molecule has 4 rings (SSSR count). The van der Waals surface area contributed by atoms with Crippen molar-refractivity contribution in [2.75, 3.05) is 5.73 Å². The van der Waals surface area contributed by atoms with Crippen LogP contribution in [0.5, 0.6) is 0 Å². The molecule has 29 heavy (non-hydrogen) atoms. The van der Waals surface area contributed by atoms with Crippen molar-refractivity contribution in [1.82, 2.24) is 15.1 Å². The highest BCUT2D eigenvalue weighted by atomic mass is 19.4. The zero-order valence-electron chi connectivity index (χ0n) is 14.8. The summed E-state index contributed by atoms with van der Waals surface area (Å²) in [6, 6.07) is 15.6. The van der Waals surface area contributed by atoms with Gasteiger partial charge in [0.1, 0.15) is 0 Å². The lowest BCUT2D eigenvalue weighted by Crippen LogP contribution is -2.21. The van der Waals surface area contributed by atoms with E-state index < -0.39 is 12.1 Å². The maximum absolute atomic E-state index is 10.6. The number of aromatic amines is 1. The van der Waals surface area contributed by atoms with E-state index in [1.165, 1.54) is 5.39 Å². The van der Waals surface area contributed by atoms with E-state index in [1.807, 2.05) is 48.7 Å². The fourth-order valence-electron chi connectivity index (χ4n) is 2.52. The van der Waals surface area contributed by atoms with Gasteiger partial charge < -0.3 is 20.3 Å². The molecule has 0 bridgehead atoms. The van der Waals surface area contributed by atoms with Gasteiger partial charge in [-0.25, -0.2) is 4.79 Å². The average molecular weight is 404 g/mol. The summed E-state index contributed by atoms with van der Waals surface area (Å²) >= 11 is 0. The van der Waals surface area contributed by atoms with Crippen LogP contribution in [-0.4, -0.2) is 32.4 Å².